The normalized spacial score (nSPS) is 11.5. The Hall–Kier alpha value is -0.530. The second-order valence-corrected chi connectivity index (χ2v) is 15.8. The molecule has 0 spiro atoms. The number of hydrogen-bond acceptors (Lipinski definition) is 2. The summed E-state index contributed by atoms with van der Waals surface area (Å²) in [5, 5.41) is 0. The lowest BCUT2D eigenvalue weighted by Gasteiger charge is -2.06. The van der Waals surface area contributed by atoms with Crippen LogP contribution in [-0.2, 0) is 9.53 Å². The van der Waals surface area contributed by atoms with Crippen molar-refractivity contribution in [2.75, 3.05) is 6.61 Å². The molecule has 0 aliphatic carbocycles. The average molecular weight is 677 g/mol. The first kappa shape index (κ1) is 47.5. The third kappa shape index (κ3) is 43.5. The van der Waals surface area contributed by atoms with E-state index in [1.807, 2.05) is 0 Å². The zero-order valence-electron chi connectivity index (χ0n) is 33.7. The summed E-state index contributed by atoms with van der Waals surface area (Å²) in [5.74, 6) is 0.0324. The molecule has 0 aromatic rings. The molecule has 0 unspecified atom stereocenters. The highest BCUT2D eigenvalue weighted by Crippen LogP contribution is 2.17. The summed E-state index contributed by atoms with van der Waals surface area (Å²) in [6.45, 7) is 5.23. The lowest BCUT2D eigenvalue weighted by Crippen LogP contribution is -2.05. The maximum Gasteiger partial charge on any atom is 0.305 e. The lowest BCUT2D eigenvalue weighted by atomic mass is 10.0. The standard InChI is InChI=1S/C46H92O2/c1-3-5-7-9-11-13-15-17-19-21-22-23-24-25-26-27-28-29-30-32-34-36-38-40-42-44-46(47)48-45-43-41-39-37-35-33-31-20-18-16-14-12-10-8-6-4-2/h3-45H2,1-2H3. The van der Waals surface area contributed by atoms with E-state index in [0.29, 0.717) is 13.0 Å². The topological polar surface area (TPSA) is 26.3 Å². The summed E-state index contributed by atoms with van der Waals surface area (Å²) in [5.41, 5.74) is 0. The van der Waals surface area contributed by atoms with Crippen LogP contribution in [0.5, 0.6) is 0 Å². The third-order valence-electron chi connectivity index (χ3n) is 10.7. The SMILES string of the molecule is CCCCCCCCCCCCCCCCCCCCCCCCCCCC(=O)OCCCCCCCCCCCCCCCCCC. The zero-order chi connectivity index (χ0) is 34.7. The van der Waals surface area contributed by atoms with Gasteiger partial charge in [-0.25, -0.2) is 0 Å². The number of rotatable bonds is 43. The molecule has 0 saturated carbocycles. The van der Waals surface area contributed by atoms with Gasteiger partial charge in [0, 0.05) is 6.42 Å². The minimum atomic E-state index is 0.0324. The van der Waals surface area contributed by atoms with E-state index in [-0.39, 0.29) is 5.97 Å². The van der Waals surface area contributed by atoms with Crippen LogP contribution in [-0.4, -0.2) is 12.6 Å². The molecule has 0 aliphatic heterocycles. The smallest absolute Gasteiger partial charge is 0.305 e. The van der Waals surface area contributed by atoms with E-state index in [1.54, 1.807) is 0 Å². The molecular formula is C46H92O2. The molecule has 2 heteroatoms. The van der Waals surface area contributed by atoms with E-state index < -0.39 is 0 Å². The van der Waals surface area contributed by atoms with Crippen molar-refractivity contribution in [2.24, 2.45) is 0 Å². The molecule has 0 saturated heterocycles. The number of carbonyl (C=O) groups excluding carboxylic acids is 1. The van der Waals surface area contributed by atoms with E-state index >= 15 is 0 Å². The van der Waals surface area contributed by atoms with Gasteiger partial charge in [0.1, 0.15) is 0 Å². The molecule has 48 heavy (non-hydrogen) atoms. The number of carbonyl (C=O) groups is 1. The highest BCUT2D eigenvalue weighted by Gasteiger charge is 2.03. The first-order valence-electron chi connectivity index (χ1n) is 23.0. The van der Waals surface area contributed by atoms with Crippen molar-refractivity contribution in [3.05, 3.63) is 0 Å². The fourth-order valence-corrected chi connectivity index (χ4v) is 7.32. The molecule has 0 atom stereocenters. The lowest BCUT2D eigenvalue weighted by molar-refractivity contribution is -0.143. The summed E-state index contributed by atoms with van der Waals surface area (Å²) in [6.07, 6.45) is 57.9. The van der Waals surface area contributed by atoms with Crippen molar-refractivity contribution in [3.8, 4) is 0 Å². The van der Waals surface area contributed by atoms with Crippen molar-refractivity contribution in [1.82, 2.24) is 0 Å². The Morgan fingerprint density at radius 2 is 0.458 bits per heavy atom. The second kappa shape index (κ2) is 44.5. The Balaban J connectivity index is 3.13. The molecule has 0 bridgehead atoms. The molecular weight excluding hydrogens is 585 g/mol. The summed E-state index contributed by atoms with van der Waals surface area (Å²) < 4.78 is 5.48. The van der Waals surface area contributed by atoms with E-state index in [4.69, 9.17) is 4.74 Å². The van der Waals surface area contributed by atoms with Crippen LogP contribution in [0.2, 0.25) is 0 Å². The van der Waals surface area contributed by atoms with Gasteiger partial charge in [-0.1, -0.05) is 264 Å². The Morgan fingerprint density at radius 1 is 0.271 bits per heavy atom. The second-order valence-electron chi connectivity index (χ2n) is 15.8. The maximum absolute atomic E-state index is 12.0. The first-order valence-corrected chi connectivity index (χ1v) is 23.0. The molecule has 288 valence electrons. The van der Waals surface area contributed by atoms with Gasteiger partial charge in [-0.3, -0.25) is 4.79 Å². The van der Waals surface area contributed by atoms with Crippen LogP contribution in [0.25, 0.3) is 0 Å². The van der Waals surface area contributed by atoms with E-state index in [0.717, 1.165) is 12.8 Å². The zero-order valence-corrected chi connectivity index (χ0v) is 33.7. The van der Waals surface area contributed by atoms with Gasteiger partial charge in [-0.05, 0) is 12.8 Å². The average Bonchev–Trinajstić information content (AvgIpc) is 3.09. The Morgan fingerprint density at radius 3 is 0.688 bits per heavy atom. The molecule has 0 radical (unpaired) electrons. The van der Waals surface area contributed by atoms with Gasteiger partial charge < -0.3 is 4.74 Å². The van der Waals surface area contributed by atoms with Crippen LogP contribution in [0.4, 0.5) is 0 Å². The van der Waals surface area contributed by atoms with Crippen LogP contribution in [0.3, 0.4) is 0 Å². The number of ether oxygens (including phenoxy) is 1. The third-order valence-corrected chi connectivity index (χ3v) is 10.7. The predicted molar refractivity (Wildman–Crippen MR) is 216 cm³/mol. The van der Waals surface area contributed by atoms with Gasteiger partial charge >= 0.3 is 5.97 Å². The van der Waals surface area contributed by atoms with Crippen molar-refractivity contribution < 1.29 is 9.53 Å². The van der Waals surface area contributed by atoms with Gasteiger partial charge in [0.05, 0.1) is 6.61 Å². The van der Waals surface area contributed by atoms with E-state index in [9.17, 15) is 4.79 Å². The largest absolute Gasteiger partial charge is 0.466 e. The monoisotopic (exact) mass is 677 g/mol. The molecule has 2 nitrogen and oxygen atoms in total. The molecule has 0 aromatic carbocycles. The van der Waals surface area contributed by atoms with Gasteiger partial charge in [0.2, 0.25) is 0 Å². The fourth-order valence-electron chi connectivity index (χ4n) is 7.32. The summed E-state index contributed by atoms with van der Waals surface area (Å²) >= 11 is 0. The molecule has 0 amide bonds. The van der Waals surface area contributed by atoms with Gasteiger partial charge in [0.25, 0.3) is 0 Å². The molecule has 0 aliphatic rings. The van der Waals surface area contributed by atoms with Crippen LogP contribution >= 0.6 is 0 Å². The van der Waals surface area contributed by atoms with Crippen molar-refractivity contribution in [1.29, 1.82) is 0 Å². The van der Waals surface area contributed by atoms with E-state index in [1.165, 1.54) is 250 Å². The van der Waals surface area contributed by atoms with Crippen LogP contribution in [0, 0.1) is 0 Å². The first-order chi connectivity index (χ1) is 23.8. The predicted octanol–water partition coefficient (Wildman–Crippen LogP) is 17.0. The summed E-state index contributed by atoms with van der Waals surface area (Å²) in [7, 11) is 0. The molecule has 0 rings (SSSR count). The molecule has 0 heterocycles. The molecule has 0 N–H and O–H groups in total. The Bertz CT molecular complexity index is 572. The highest BCUT2D eigenvalue weighted by atomic mass is 16.5. The van der Waals surface area contributed by atoms with Crippen molar-refractivity contribution in [2.45, 2.75) is 284 Å². The van der Waals surface area contributed by atoms with Crippen LogP contribution < -0.4 is 0 Å². The number of hydrogen-bond donors (Lipinski definition) is 0. The number of esters is 1. The minimum absolute atomic E-state index is 0.0324. The number of unbranched alkanes of at least 4 members (excludes halogenated alkanes) is 39. The highest BCUT2D eigenvalue weighted by molar-refractivity contribution is 5.69. The summed E-state index contributed by atoms with van der Waals surface area (Å²) in [4.78, 5) is 12.0. The summed E-state index contributed by atoms with van der Waals surface area (Å²) in [6, 6.07) is 0. The minimum Gasteiger partial charge on any atom is -0.466 e. The van der Waals surface area contributed by atoms with Gasteiger partial charge in [0.15, 0.2) is 0 Å². The van der Waals surface area contributed by atoms with Crippen molar-refractivity contribution >= 4 is 5.97 Å². The quantitative estimate of drug-likeness (QED) is 0.0474. The van der Waals surface area contributed by atoms with E-state index in [2.05, 4.69) is 13.8 Å². The molecule has 0 aromatic heterocycles. The van der Waals surface area contributed by atoms with Crippen LogP contribution in [0.1, 0.15) is 284 Å². The Kier molecular flexibility index (Phi) is 44.0. The fraction of sp³-hybridized carbons (Fsp3) is 0.978. The van der Waals surface area contributed by atoms with Gasteiger partial charge in [-0.15, -0.1) is 0 Å². The van der Waals surface area contributed by atoms with Crippen LogP contribution in [0.15, 0.2) is 0 Å². The maximum atomic E-state index is 12.0. The molecule has 0 fully saturated rings. The Labute approximate surface area is 304 Å². The van der Waals surface area contributed by atoms with Crippen molar-refractivity contribution in [3.63, 3.8) is 0 Å². The van der Waals surface area contributed by atoms with Gasteiger partial charge in [-0.2, -0.15) is 0 Å².